The Balaban J connectivity index is 2.27. The maximum Gasteiger partial charge on any atom is 0.143 e. The molecule has 1 fully saturated rings. The predicted octanol–water partition coefficient (Wildman–Crippen LogP) is 2.81. The molecule has 1 aromatic rings. The predicted molar refractivity (Wildman–Crippen MR) is 67.0 cm³/mol. The molecule has 0 radical (unpaired) electrons. The number of aromatic nitrogens is 1. The van der Waals surface area contributed by atoms with E-state index in [1.165, 1.54) is 19.3 Å². The Morgan fingerprint density at radius 3 is 3.00 bits per heavy atom. The summed E-state index contributed by atoms with van der Waals surface area (Å²) in [4.78, 5) is 6.76. The van der Waals surface area contributed by atoms with Gasteiger partial charge in [-0.15, -0.1) is 0 Å². The van der Waals surface area contributed by atoms with Gasteiger partial charge in [0.25, 0.3) is 0 Å². The Hall–Kier alpha value is -0.770. The van der Waals surface area contributed by atoms with Crippen molar-refractivity contribution in [3.05, 3.63) is 16.7 Å². The second-order valence-corrected chi connectivity index (χ2v) is 4.97. The molecule has 15 heavy (non-hydrogen) atoms. The van der Waals surface area contributed by atoms with E-state index in [2.05, 4.69) is 32.7 Å². The SMILES string of the molecule is CC1CCCCN1c1ncc(N)cc1Br. The fourth-order valence-corrected chi connectivity index (χ4v) is 2.66. The normalized spacial score (nSPS) is 21.7. The maximum atomic E-state index is 5.68. The van der Waals surface area contributed by atoms with E-state index in [-0.39, 0.29) is 0 Å². The Kier molecular flexibility index (Phi) is 3.14. The summed E-state index contributed by atoms with van der Waals surface area (Å²) in [6, 6.07) is 2.50. The number of hydrogen-bond donors (Lipinski definition) is 1. The van der Waals surface area contributed by atoms with Gasteiger partial charge < -0.3 is 10.6 Å². The number of hydrogen-bond acceptors (Lipinski definition) is 3. The Bertz CT molecular complexity index is 354. The minimum Gasteiger partial charge on any atom is -0.397 e. The van der Waals surface area contributed by atoms with Crippen molar-refractivity contribution >= 4 is 27.4 Å². The molecule has 1 saturated heterocycles. The van der Waals surface area contributed by atoms with E-state index in [9.17, 15) is 0 Å². The quantitative estimate of drug-likeness (QED) is 0.853. The summed E-state index contributed by atoms with van der Waals surface area (Å²) >= 11 is 3.53. The van der Waals surface area contributed by atoms with Crippen molar-refractivity contribution in [1.29, 1.82) is 0 Å². The Morgan fingerprint density at radius 2 is 2.33 bits per heavy atom. The first-order chi connectivity index (χ1) is 7.18. The summed E-state index contributed by atoms with van der Waals surface area (Å²) in [5.74, 6) is 1.02. The van der Waals surface area contributed by atoms with Crippen LogP contribution >= 0.6 is 15.9 Å². The van der Waals surface area contributed by atoms with Crippen LogP contribution in [0.5, 0.6) is 0 Å². The minimum atomic E-state index is 0.575. The van der Waals surface area contributed by atoms with Crippen LogP contribution in [0.3, 0.4) is 0 Å². The first-order valence-electron chi connectivity index (χ1n) is 5.36. The molecule has 0 amide bonds. The van der Waals surface area contributed by atoms with Crippen molar-refractivity contribution in [2.45, 2.75) is 32.2 Å². The molecule has 1 aliphatic rings. The van der Waals surface area contributed by atoms with Gasteiger partial charge in [-0.2, -0.15) is 0 Å². The van der Waals surface area contributed by atoms with Crippen molar-refractivity contribution in [3.8, 4) is 0 Å². The van der Waals surface area contributed by atoms with E-state index in [0.29, 0.717) is 11.7 Å². The molecule has 0 aliphatic carbocycles. The first kappa shape index (κ1) is 10.7. The van der Waals surface area contributed by atoms with E-state index in [4.69, 9.17) is 5.73 Å². The van der Waals surface area contributed by atoms with Crippen LogP contribution in [0.4, 0.5) is 11.5 Å². The standard InChI is InChI=1S/C11H16BrN3/c1-8-4-2-3-5-15(8)11-10(12)6-9(13)7-14-11/h6-8H,2-5,13H2,1H3. The van der Waals surface area contributed by atoms with Crippen LogP contribution in [0.15, 0.2) is 16.7 Å². The molecule has 1 aromatic heterocycles. The zero-order valence-electron chi connectivity index (χ0n) is 8.91. The third-order valence-corrected chi connectivity index (χ3v) is 3.50. The van der Waals surface area contributed by atoms with Gasteiger partial charge in [-0.05, 0) is 48.2 Å². The summed E-state index contributed by atoms with van der Waals surface area (Å²) in [5.41, 5.74) is 6.38. The highest BCUT2D eigenvalue weighted by Gasteiger charge is 2.21. The molecule has 4 heteroatoms. The molecule has 0 aromatic carbocycles. The van der Waals surface area contributed by atoms with Gasteiger partial charge in [0.15, 0.2) is 0 Å². The summed E-state index contributed by atoms with van der Waals surface area (Å²) in [7, 11) is 0. The Morgan fingerprint density at radius 1 is 1.53 bits per heavy atom. The first-order valence-corrected chi connectivity index (χ1v) is 6.15. The molecule has 2 N–H and O–H groups in total. The largest absolute Gasteiger partial charge is 0.397 e. The van der Waals surface area contributed by atoms with Gasteiger partial charge in [0.05, 0.1) is 16.4 Å². The van der Waals surface area contributed by atoms with Crippen molar-refractivity contribution in [2.24, 2.45) is 0 Å². The van der Waals surface area contributed by atoms with Crippen LogP contribution in [-0.2, 0) is 0 Å². The number of anilines is 2. The molecule has 2 rings (SSSR count). The van der Waals surface area contributed by atoms with E-state index < -0.39 is 0 Å². The van der Waals surface area contributed by atoms with Gasteiger partial charge in [0.1, 0.15) is 5.82 Å². The molecule has 3 nitrogen and oxygen atoms in total. The summed E-state index contributed by atoms with van der Waals surface area (Å²) in [6.07, 6.45) is 5.55. The molecule has 0 spiro atoms. The van der Waals surface area contributed by atoms with E-state index in [1.807, 2.05) is 6.07 Å². The minimum absolute atomic E-state index is 0.575. The lowest BCUT2D eigenvalue weighted by molar-refractivity contribution is 0.480. The second-order valence-electron chi connectivity index (χ2n) is 4.11. The number of halogens is 1. The zero-order valence-corrected chi connectivity index (χ0v) is 10.5. The zero-order chi connectivity index (χ0) is 10.8. The van der Waals surface area contributed by atoms with Crippen LogP contribution in [0.25, 0.3) is 0 Å². The molecular formula is C11H16BrN3. The van der Waals surface area contributed by atoms with Crippen molar-refractivity contribution in [2.75, 3.05) is 17.2 Å². The lowest BCUT2D eigenvalue weighted by Crippen LogP contribution is -2.38. The third-order valence-electron chi connectivity index (χ3n) is 2.92. The third kappa shape index (κ3) is 2.25. The van der Waals surface area contributed by atoms with Crippen molar-refractivity contribution in [1.82, 2.24) is 4.98 Å². The highest BCUT2D eigenvalue weighted by molar-refractivity contribution is 9.10. The number of nitrogens with zero attached hydrogens (tertiary/aromatic N) is 2. The average Bonchev–Trinajstić information content (AvgIpc) is 2.20. The topological polar surface area (TPSA) is 42.2 Å². The van der Waals surface area contributed by atoms with Crippen molar-refractivity contribution < 1.29 is 0 Å². The fraction of sp³-hybridized carbons (Fsp3) is 0.545. The van der Waals surface area contributed by atoms with Gasteiger partial charge in [0.2, 0.25) is 0 Å². The van der Waals surface area contributed by atoms with Crippen molar-refractivity contribution in [3.63, 3.8) is 0 Å². The fourth-order valence-electron chi connectivity index (χ4n) is 2.07. The van der Waals surface area contributed by atoms with Gasteiger partial charge in [0, 0.05) is 12.6 Å². The van der Waals surface area contributed by atoms with E-state index in [0.717, 1.165) is 16.8 Å². The smallest absolute Gasteiger partial charge is 0.143 e. The molecule has 82 valence electrons. The monoisotopic (exact) mass is 269 g/mol. The second kappa shape index (κ2) is 4.39. The summed E-state index contributed by atoms with van der Waals surface area (Å²) in [6.45, 7) is 3.35. The molecular weight excluding hydrogens is 254 g/mol. The number of piperidine rings is 1. The summed E-state index contributed by atoms with van der Waals surface area (Å²) in [5, 5.41) is 0. The van der Waals surface area contributed by atoms with E-state index >= 15 is 0 Å². The number of rotatable bonds is 1. The maximum absolute atomic E-state index is 5.68. The molecule has 1 aliphatic heterocycles. The Labute approximate surface area is 98.8 Å². The number of pyridine rings is 1. The highest BCUT2D eigenvalue weighted by atomic mass is 79.9. The van der Waals surface area contributed by atoms with Gasteiger partial charge in [-0.1, -0.05) is 0 Å². The van der Waals surface area contributed by atoms with Crippen LogP contribution in [0, 0.1) is 0 Å². The molecule has 2 heterocycles. The number of nitrogen functional groups attached to an aromatic ring is 1. The lowest BCUT2D eigenvalue weighted by atomic mass is 10.0. The highest BCUT2D eigenvalue weighted by Crippen LogP contribution is 2.30. The van der Waals surface area contributed by atoms with Crippen LogP contribution in [-0.4, -0.2) is 17.6 Å². The molecule has 1 atom stereocenters. The summed E-state index contributed by atoms with van der Waals surface area (Å²) < 4.78 is 0.997. The molecule has 0 bridgehead atoms. The number of nitrogens with two attached hydrogens (primary N) is 1. The van der Waals surface area contributed by atoms with Gasteiger partial charge in [-0.3, -0.25) is 0 Å². The van der Waals surface area contributed by atoms with Crippen LogP contribution in [0.1, 0.15) is 26.2 Å². The molecule has 1 unspecified atom stereocenters. The van der Waals surface area contributed by atoms with Gasteiger partial charge in [-0.25, -0.2) is 4.98 Å². The molecule has 0 saturated carbocycles. The average molecular weight is 270 g/mol. The van der Waals surface area contributed by atoms with Crippen LogP contribution in [0.2, 0.25) is 0 Å². The van der Waals surface area contributed by atoms with Crippen LogP contribution < -0.4 is 10.6 Å². The van der Waals surface area contributed by atoms with Gasteiger partial charge >= 0.3 is 0 Å². The van der Waals surface area contributed by atoms with E-state index in [1.54, 1.807) is 6.20 Å². The lowest BCUT2D eigenvalue weighted by Gasteiger charge is -2.35.